The Morgan fingerprint density at radius 3 is 1.86 bits per heavy atom. The highest BCUT2D eigenvalue weighted by Crippen LogP contribution is 2.40. The van der Waals surface area contributed by atoms with Crippen LogP contribution in [-0.4, -0.2) is 11.1 Å². The Kier molecular flexibility index (Phi) is 5.82. The molecule has 2 nitrogen and oxygen atoms in total. The molecule has 2 heteroatoms. The molecule has 0 rings (SSSR count). The molecule has 0 aliphatic heterocycles. The number of carbonyl (C=O) groups is 1. The van der Waals surface area contributed by atoms with Crippen LogP contribution in [0.1, 0.15) is 59.8 Å². The largest absolute Gasteiger partial charge is 0.481 e. The van der Waals surface area contributed by atoms with Crippen LogP contribution in [0.3, 0.4) is 0 Å². The van der Waals surface area contributed by atoms with E-state index in [0.29, 0.717) is 12.3 Å². The van der Waals surface area contributed by atoms with Crippen molar-refractivity contribution in [2.45, 2.75) is 59.8 Å². The van der Waals surface area contributed by atoms with Crippen LogP contribution in [0.5, 0.6) is 0 Å². The molecule has 0 aromatic rings. The standard InChI is InChI=1S/C12H24O2/c1-5-7-12(8-6-2,10(3)4)9-11(13)14/h10H,5-9H2,1-4H3,(H,13,14). The van der Waals surface area contributed by atoms with Gasteiger partial charge in [-0.25, -0.2) is 0 Å². The summed E-state index contributed by atoms with van der Waals surface area (Å²) >= 11 is 0. The van der Waals surface area contributed by atoms with Crippen molar-refractivity contribution in [1.29, 1.82) is 0 Å². The predicted octanol–water partition coefficient (Wildman–Crippen LogP) is 3.70. The molecule has 1 N–H and O–H groups in total. The molecular weight excluding hydrogens is 176 g/mol. The van der Waals surface area contributed by atoms with E-state index in [1.165, 1.54) is 0 Å². The van der Waals surface area contributed by atoms with Crippen molar-refractivity contribution in [3.05, 3.63) is 0 Å². The minimum absolute atomic E-state index is 0.0231. The second-order valence-corrected chi connectivity index (χ2v) is 4.59. The average molecular weight is 200 g/mol. The summed E-state index contributed by atoms with van der Waals surface area (Å²) in [5.74, 6) is -0.195. The minimum atomic E-state index is -0.652. The third-order valence-electron chi connectivity index (χ3n) is 3.22. The van der Waals surface area contributed by atoms with Crippen LogP contribution in [0.2, 0.25) is 0 Å². The number of hydrogen-bond donors (Lipinski definition) is 1. The summed E-state index contributed by atoms with van der Waals surface area (Å²) in [6.07, 6.45) is 4.54. The highest BCUT2D eigenvalue weighted by Gasteiger charge is 2.34. The fourth-order valence-electron chi connectivity index (χ4n) is 2.38. The maximum absolute atomic E-state index is 10.9. The molecule has 0 saturated heterocycles. The van der Waals surface area contributed by atoms with Gasteiger partial charge >= 0.3 is 5.97 Å². The van der Waals surface area contributed by atoms with E-state index in [2.05, 4.69) is 27.7 Å². The lowest BCUT2D eigenvalue weighted by Gasteiger charge is -2.36. The first-order chi connectivity index (χ1) is 6.48. The Bertz CT molecular complexity index is 167. The summed E-state index contributed by atoms with van der Waals surface area (Å²) in [6.45, 7) is 8.56. The van der Waals surface area contributed by atoms with E-state index < -0.39 is 5.97 Å². The summed E-state index contributed by atoms with van der Waals surface area (Å²) in [6, 6.07) is 0. The first-order valence-corrected chi connectivity index (χ1v) is 5.70. The first-order valence-electron chi connectivity index (χ1n) is 5.70. The van der Waals surface area contributed by atoms with Gasteiger partial charge in [0.2, 0.25) is 0 Å². The fourth-order valence-corrected chi connectivity index (χ4v) is 2.38. The van der Waals surface area contributed by atoms with Crippen LogP contribution >= 0.6 is 0 Å². The summed E-state index contributed by atoms with van der Waals surface area (Å²) in [5.41, 5.74) is 0.0231. The number of carboxylic acid groups (broad SMARTS) is 1. The molecule has 0 heterocycles. The predicted molar refractivity (Wildman–Crippen MR) is 59.3 cm³/mol. The van der Waals surface area contributed by atoms with Crippen LogP contribution < -0.4 is 0 Å². The van der Waals surface area contributed by atoms with Gasteiger partial charge in [-0.2, -0.15) is 0 Å². The molecule has 14 heavy (non-hydrogen) atoms. The van der Waals surface area contributed by atoms with E-state index in [0.717, 1.165) is 25.7 Å². The third kappa shape index (κ3) is 3.69. The van der Waals surface area contributed by atoms with Gasteiger partial charge in [-0.15, -0.1) is 0 Å². The van der Waals surface area contributed by atoms with E-state index in [4.69, 9.17) is 5.11 Å². The molecule has 0 unspecified atom stereocenters. The maximum atomic E-state index is 10.9. The first kappa shape index (κ1) is 13.5. The SMILES string of the molecule is CCCC(CCC)(CC(=O)O)C(C)C. The molecule has 0 radical (unpaired) electrons. The lowest BCUT2D eigenvalue weighted by molar-refractivity contribution is -0.141. The summed E-state index contributed by atoms with van der Waals surface area (Å²) in [4.78, 5) is 10.9. The molecule has 84 valence electrons. The minimum Gasteiger partial charge on any atom is -0.481 e. The molecular formula is C12H24O2. The number of hydrogen-bond acceptors (Lipinski definition) is 1. The van der Waals surface area contributed by atoms with Gasteiger partial charge in [0.15, 0.2) is 0 Å². The van der Waals surface area contributed by atoms with E-state index in [9.17, 15) is 4.79 Å². The third-order valence-corrected chi connectivity index (χ3v) is 3.22. The van der Waals surface area contributed by atoms with Crippen molar-refractivity contribution < 1.29 is 9.90 Å². The lowest BCUT2D eigenvalue weighted by atomic mass is 9.68. The van der Waals surface area contributed by atoms with Gasteiger partial charge in [0.25, 0.3) is 0 Å². The highest BCUT2D eigenvalue weighted by molar-refractivity contribution is 5.67. The Balaban J connectivity index is 4.63. The van der Waals surface area contributed by atoms with Crippen molar-refractivity contribution in [1.82, 2.24) is 0 Å². The second kappa shape index (κ2) is 6.05. The molecule has 0 aromatic heterocycles. The van der Waals surface area contributed by atoms with Crippen LogP contribution in [-0.2, 0) is 4.79 Å². The number of rotatable bonds is 7. The van der Waals surface area contributed by atoms with Gasteiger partial charge in [0.1, 0.15) is 0 Å². The molecule has 0 amide bonds. The number of carboxylic acids is 1. The molecule has 0 fully saturated rings. The zero-order chi connectivity index (χ0) is 11.2. The molecule has 0 bridgehead atoms. The van der Waals surface area contributed by atoms with Gasteiger partial charge in [0.05, 0.1) is 6.42 Å². The van der Waals surface area contributed by atoms with Crippen LogP contribution in [0, 0.1) is 11.3 Å². The Hall–Kier alpha value is -0.530. The van der Waals surface area contributed by atoms with Gasteiger partial charge in [-0.1, -0.05) is 40.5 Å². The molecule has 0 aliphatic carbocycles. The zero-order valence-corrected chi connectivity index (χ0v) is 9.97. The van der Waals surface area contributed by atoms with Crippen molar-refractivity contribution in [2.75, 3.05) is 0 Å². The van der Waals surface area contributed by atoms with E-state index in [1.807, 2.05) is 0 Å². The van der Waals surface area contributed by atoms with Crippen molar-refractivity contribution >= 4 is 5.97 Å². The molecule has 0 spiro atoms. The Morgan fingerprint density at radius 2 is 1.64 bits per heavy atom. The van der Waals surface area contributed by atoms with E-state index in [-0.39, 0.29) is 5.41 Å². The molecule has 0 aliphatic rings. The van der Waals surface area contributed by atoms with Crippen molar-refractivity contribution in [2.24, 2.45) is 11.3 Å². The van der Waals surface area contributed by atoms with Gasteiger partial charge < -0.3 is 5.11 Å². The van der Waals surface area contributed by atoms with Crippen LogP contribution in [0.25, 0.3) is 0 Å². The van der Waals surface area contributed by atoms with Crippen molar-refractivity contribution in [3.8, 4) is 0 Å². The topological polar surface area (TPSA) is 37.3 Å². The summed E-state index contributed by atoms with van der Waals surface area (Å²) < 4.78 is 0. The second-order valence-electron chi connectivity index (χ2n) is 4.59. The Morgan fingerprint density at radius 1 is 1.21 bits per heavy atom. The van der Waals surface area contributed by atoms with E-state index >= 15 is 0 Å². The van der Waals surface area contributed by atoms with Crippen molar-refractivity contribution in [3.63, 3.8) is 0 Å². The summed E-state index contributed by atoms with van der Waals surface area (Å²) in [7, 11) is 0. The van der Waals surface area contributed by atoms with Gasteiger partial charge in [0, 0.05) is 0 Å². The summed E-state index contributed by atoms with van der Waals surface area (Å²) in [5, 5.41) is 8.95. The van der Waals surface area contributed by atoms with Gasteiger partial charge in [-0.05, 0) is 24.2 Å². The smallest absolute Gasteiger partial charge is 0.303 e. The molecule has 0 aromatic carbocycles. The Labute approximate surface area is 87.7 Å². The van der Waals surface area contributed by atoms with Gasteiger partial charge in [-0.3, -0.25) is 4.79 Å². The number of aliphatic carboxylic acids is 1. The van der Waals surface area contributed by atoms with Crippen LogP contribution in [0.4, 0.5) is 0 Å². The fraction of sp³-hybridized carbons (Fsp3) is 0.917. The monoisotopic (exact) mass is 200 g/mol. The maximum Gasteiger partial charge on any atom is 0.303 e. The molecule has 0 saturated carbocycles. The highest BCUT2D eigenvalue weighted by atomic mass is 16.4. The van der Waals surface area contributed by atoms with Crippen LogP contribution in [0.15, 0.2) is 0 Å². The normalized spacial score (nSPS) is 12.1. The van der Waals surface area contributed by atoms with E-state index in [1.54, 1.807) is 0 Å². The quantitative estimate of drug-likeness (QED) is 0.680. The molecule has 0 atom stereocenters. The lowest BCUT2D eigenvalue weighted by Crippen LogP contribution is -2.30. The zero-order valence-electron chi connectivity index (χ0n) is 9.97. The average Bonchev–Trinajstić information content (AvgIpc) is 2.03.